The Morgan fingerprint density at radius 2 is 1.48 bits per heavy atom. The zero-order valence-electron chi connectivity index (χ0n) is 16.9. The molecular weight excluding hydrogens is 394 g/mol. The predicted molar refractivity (Wildman–Crippen MR) is 116 cm³/mol. The standard InChI is InChI=1S/C25H21NO5/c1-2-31-20-15-13-19(14-16-20)26-24(29)23(28)21(22(27)17-9-5-3-6-10-17)25(26,30)18-11-7-4-8-12-18/h3-16,27,30H,2H2,1H3/t25-/m1/s1. The maximum atomic E-state index is 13.1. The lowest BCUT2D eigenvalue weighted by atomic mass is 9.91. The van der Waals surface area contributed by atoms with Crippen molar-refractivity contribution in [3.05, 3.63) is 102 Å². The Hall–Kier alpha value is -3.90. The monoisotopic (exact) mass is 415 g/mol. The lowest BCUT2D eigenvalue weighted by molar-refractivity contribution is -0.132. The Kier molecular flexibility index (Phi) is 5.31. The van der Waals surface area contributed by atoms with Gasteiger partial charge in [-0.25, -0.2) is 0 Å². The lowest BCUT2D eigenvalue weighted by Crippen LogP contribution is -2.44. The van der Waals surface area contributed by atoms with E-state index in [1.807, 2.05) is 6.92 Å². The highest BCUT2D eigenvalue weighted by Crippen LogP contribution is 2.45. The molecule has 3 aromatic carbocycles. The molecule has 1 aliphatic heterocycles. The van der Waals surface area contributed by atoms with Crippen molar-refractivity contribution in [2.45, 2.75) is 12.6 Å². The van der Waals surface area contributed by atoms with Gasteiger partial charge in [0, 0.05) is 16.8 Å². The van der Waals surface area contributed by atoms with Crippen LogP contribution < -0.4 is 9.64 Å². The third-order valence-electron chi connectivity index (χ3n) is 5.16. The predicted octanol–water partition coefficient (Wildman–Crippen LogP) is 3.82. The highest BCUT2D eigenvalue weighted by molar-refractivity contribution is 6.52. The maximum absolute atomic E-state index is 13.1. The molecule has 2 N–H and O–H groups in total. The third-order valence-corrected chi connectivity index (χ3v) is 5.16. The number of carbonyl (C=O) groups is 2. The van der Waals surface area contributed by atoms with Gasteiger partial charge in [-0.2, -0.15) is 0 Å². The first kappa shape index (κ1) is 20.4. The Labute approximate surface area is 179 Å². The quantitative estimate of drug-likeness (QED) is 0.376. The summed E-state index contributed by atoms with van der Waals surface area (Å²) in [6.07, 6.45) is 0. The molecule has 1 aliphatic rings. The fraction of sp³-hybridized carbons (Fsp3) is 0.120. The van der Waals surface area contributed by atoms with Gasteiger partial charge in [-0.05, 0) is 31.2 Å². The minimum absolute atomic E-state index is 0.278. The number of anilines is 1. The topological polar surface area (TPSA) is 87.1 Å². The summed E-state index contributed by atoms with van der Waals surface area (Å²) in [6.45, 7) is 2.33. The van der Waals surface area contributed by atoms with E-state index in [0.717, 1.165) is 4.90 Å². The summed E-state index contributed by atoms with van der Waals surface area (Å²) in [5.74, 6) is -1.76. The highest BCUT2D eigenvalue weighted by atomic mass is 16.5. The average molecular weight is 415 g/mol. The number of hydrogen-bond donors (Lipinski definition) is 2. The molecule has 31 heavy (non-hydrogen) atoms. The summed E-state index contributed by atoms with van der Waals surface area (Å²) < 4.78 is 5.44. The molecule has 1 amide bonds. The minimum atomic E-state index is -2.19. The van der Waals surface area contributed by atoms with E-state index in [0.29, 0.717) is 23.6 Å². The molecule has 1 fully saturated rings. The summed E-state index contributed by atoms with van der Waals surface area (Å²) in [5, 5.41) is 22.9. The number of nitrogens with zero attached hydrogens (tertiary/aromatic N) is 1. The van der Waals surface area contributed by atoms with Gasteiger partial charge in [0.1, 0.15) is 17.1 Å². The van der Waals surface area contributed by atoms with E-state index in [1.165, 1.54) is 0 Å². The number of benzene rings is 3. The zero-order chi connectivity index (χ0) is 22.0. The fourth-order valence-corrected chi connectivity index (χ4v) is 3.74. The Bertz CT molecular complexity index is 1140. The fourth-order valence-electron chi connectivity index (χ4n) is 3.74. The summed E-state index contributed by atoms with van der Waals surface area (Å²) in [5.41, 5.74) is -1.68. The van der Waals surface area contributed by atoms with Gasteiger partial charge in [0.05, 0.1) is 6.61 Å². The number of Topliss-reactive ketones (excluding diaryl/α,β-unsaturated/α-hetero) is 1. The molecule has 1 heterocycles. The van der Waals surface area contributed by atoms with Crippen molar-refractivity contribution >= 4 is 23.1 Å². The van der Waals surface area contributed by atoms with Crippen molar-refractivity contribution in [3.8, 4) is 5.75 Å². The van der Waals surface area contributed by atoms with Crippen LogP contribution in [0.5, 0.6) is 5.75 Å². The average Bonchev–Trinajstić information content (AvgIpc) is 3.01. The number of ketones is 1. The van der Waals surface area contributed by atoms with Crippen LogP contribution in [0.2, 0.25) is 0 Å². The van der Waals surface area contributed by atoms with Crippen LogP contribution in [0.3, 0.4) is 0 Å². The molecule has 6 nitrogen and oxygen atoms in total. The van der Waals surface area contributed by atoms with Crippen LogP contribution in [0.25, 0.3) is 5.76 Å². The van der Waals surface area contributed by atoms with Gasteiger partial charge in [0.25, 0.3) is 5.78 Å². The number of aliphatic hydroxyl groups excluding tert-OH is 1. The van der Waals surface area contributed by atoms with Crippen LogP contribution in [0.1, 0.15) is 18.1 Å². The van der Waals surface area contributed by atoms with Gasteiger partial charge < -0.3 is 14.9 Å². The van der Waals surface area contributed by atoms with E-state index >= 15 is 0 Å². The summed E-state index contributed by atoms with van der Waals surface area (Å²) in [4.78, 5) is 27.2. The highest BCUT2D eigenvalue weighted by Gasteiger charge is 2.57. The number of amides is 1. The van der Waals surface area contributed by atoms with Crippen LogP contribution in [0, 0.1) is 0 Å². The van der Waals surface area contributed by atoms with Crippen molar-refractivity contribution < 1.29 is 24.5 Å². The smallest absolute Gasteiger partial charge is 0.302 e. The van der Waals surface area contributed by atoms with Crippen LogP contribution in [0.15, 0.2) is 90.5 Å². The van der Waals surface area contributed by atoms with Gasteiger partial charge >= 0.3 is 5.91 Å². The number of aliphatic hydroxyl groups is 2. The Morgan fingerprint density at radius 1 is 0.903 bits per heavy atom. The van der Waals surface area contributed by atoms with E-state index in [2.05, 4.69) is 0 Å². The minimum Gasteiger partial charge on any atom is -0.507 e. The molecule has 4 rings (SSSR count). The van der Waals surface area contributed by atoms with Gasteiger partial charge in [-0.15, -0.1) is 0 Å². The van der Waals surface area contributed by atoms with E-state index < -0.39 is 23.2 Å². The molecule has 0 radical (unpaired) electrons. The molecule has 0 spiro atoms. The van der Waals surface area contributed by atoms with E-state index in [9.17, 15) is 19.8 Å². The van der Waals surface area contributed by atoms with Gasteiger partial charge in [0.2, 0.25) is 5.72 Å². The van der Waals surface area contributed by atoms with Crippen molar-refractivity contribution in [3.63, 3.8) is 0 Å². The van der Waals surface area contributed by atoms with Crippen molar-refractivity contribution in [2.24, 2.45) is 0 Å². The molecule has 0 aliphatic carbocycles. The zero-order valence-corrected chi connectivity index (χ0v) is 16.9. The normalized spacial score (nSPS) is 20.1. The number of rotatable bonds is 5. The largest absolute Gasteiger partial charge is 0.507 e. The molecule has 1 saturated heterocycles. The first-order chi connectivity index (χ1) is 15.0. The molecule has 3 aromatic rings. The van der Waals surface area contributed by atoms with Crippen molar-refractivity contribution in [1.29, 1.82) is 0 Å². The lowest BCUT2D eigenvalue weighted by Gasteiger charge is -2.34. The molecule has 1 atom stereocenters. The third kappa shape index (κ3) is 3.37. The van der Waals surface area contributed by atoms with Gasteiger partial charge in [0.15, 0.2) is 0 Å². The van der Waals surface area contributed by atoms with E-state index in [1.54, 1.807) is 84.9 Å². The Morgan fingerprint density at radius 3 is 2.06 bits per heavy atom. The Balaban J connectivity index is 1.95. The first-order valence-electron chi connectivity index (χ1n) is 9.87. The van der Waals surface area contributed by atoms with Crippen molar-refractivity contribution in [2.75, 3.05) is 11.5 Å². The number of hydrogen-bond acceptors (Lipinski definition) is 5. The second-order valence-corrected chi connectivity index (χ2v) is 7.02. The maximum Gasteiger partial charge on any atom is 0.302 e. The van der Waals surface area contributed by atoms with Gasteiger partial charge in [-0.3, -0.25) is 14.5 Å². The molecule has 0 unspecified atom stereocenters. The molecule has 0 bridgehead atoms. The second kappa shape index (κ2) is 8.08. The molecule has 0 saturated carbocycles. The second-order valence-electron chi connectivity index (χ2n) is 7.02. The number of ether oxygens (including phenoxy) is 1. The summed E-state index contributed by atoms with van der Waals surface area (Å²) in [6, 6.07) is 23.2. The van der Waals surface area contributed by atoms with E-state index in [-0.39, 0.29) is 11.1 Å². The SMILES string of the molecule is CCOc1ccc(N2C(=O)C(=O)C(=C(O)c3ccccc3)[C@]2(O)c2ccccc2)cc1. The molecule has 0 aromatic heterocycles. The van der Waals surface area contributed by atoms with Crippen LogP contribution in [0.4, 0.5) is 5.69 Å². The first-order valence-corrected chi connectivity index (χ1v) is 9.87. The molecular formula is C25H21NO5. The number of carbonyl (C=O) groups excluding carboxylic acids is 2. The van der Waals surface area contributed by atoms with Crippen LogP contribution >= 0.6 is 0 Å². The van der Waals surface area contributed by atoms with Crippen LogP contribution in [-0.2, 0) is 15.3 Å². The van der Waals surface area contributed by atoms with Gasteiger partial charge in [-0.1, -0.05) is 60.7 Å². The summed E-state index contributed by atoms with van der Waals surface area (Å²) in [7, 11) is 0. The van der Waals surface area contributed by atoms with Crippen molar-refractivity contribution in [1.82, 2.24) is 0 Å². The molecule has 156 valence electrons. The van der Waals surface area contributed by atoms with Crippen LogP contribution in [-0.4, -0.2) is 28.5 Å². The molecule has 6 heteroatoms. The summed E-state index contributed by atoms with van der Waals surface area (Å²) >= 11 is 0. The van der Waals surface area contributed by atoms with E-state index in [4.69, 9.17) is 4.74 Å².